The molecular formula is C12H13F2NO2. The normalized spacial score (nSPS) is 19.9. The minimum atomic E-state index is -2.28. The molecule has 0 bridgehead atoms. The van der Waals surface area contributed by atoms with Crippen LogP contribution in [-0.2, 0) is 0 Å². The maximum absolute atomic E-state index is 12.5. The zero-order valence-corrected chi connectivity index (χ0v) is 9.14. The molecule has 2 rings (SSSR count). The number of carboxylic acids is 1. The number of nitrogens with zero attached hydrogens (tertiary/aromatic N) is 1. The Hall–Kier alpha value is -1.65. The highest BCUT2D eigenvalue weighted by Crippen LogP contribution is 2.27. The van der Waals surface area contributed by atoms with Crippen LogP contribution < -0.4 is 4.90 Å². The monoisotopic (exact) mass is 241 g/mol. The molecule has 1 N–H and O–H groups in total. The summed E-state index contributed by atoms with van der Waals surface area (Å²) in [5, 5.41) is 8.74. The maximum Gasteiger partial charge on any atom is 0.335 e. The van der Waals surface area contributed by atoms with Gasteiger partial charge in [0.1, 0.15) is 0 Å². The van der Waals surface area contributed by atoms with E-state index in [-0.39, 0.29) is 5.56 Å². The lowest BCUT2D eigenvalue weighted by atomic mass is 10.1. The largest absolute Gasteiger partial charge is 0.478 e. The minimum Gasteiger partial charge on any atom is -0.478 e. The summed E-state index contributed by atoms with van der Waals surface area (Å²) in [6.45, 7) is 0.936. The van der Waals surface area contributed by atoms with Crippen molar-refractivity contribution in [2.45, 2.75) is 12.8 Å². The molecular weight excluding hydrogens is 228 g/mol. The van der Waals surface area contributed by atoms with E-state index in [4.69, 9.17) is 5.11 Å². The van der Waals surface area contributed by atoms with E-state index in [9.17, 15) is 13.6 Å². The van der Waals surface area contributed by atoms with E-state index in [1.54, 1.807) is 12.1 Å². The third-order valence-electron chi connectivity index (χ3n) is 3.06. The average molecular weight is 241 g/mol. The van der Waals surface area contributed by atoms with Crippen LogP contribution in [0, 0.1) is 5.92 Å². The molecule has 1 saturated heterocycles. The van der Waals surface area contributed by atoms with Crippen molar-refractivity contribution in [2.24, 2.45) is 5.92 Å². The molecule has 5 heteroatoms. The van der Waals surface area contributed by atoms with Crippen LogP contribution in [0.4, 0.5) is 14.5 Å². The quantitative estimate of drug-likeness (QED) is 0.883. The zero-order valence-electron chi connectivity index (χ0n) is 9.14. The van der Waals surface area contributed by atoms with Crippen LogP contribution in [0.3, 0.4) is 0 Å². The number of anilines is 1. The standard InChI is InChI=1S/C12H13F2NO2/c13-11(14)9-5-6-15(7-9)10-3-1-8(2-4-10)12(16)17/h1-4,9,11H,5-7H2,(H,16,17). The van der Waals surface area contributed by atoms with E-state index in [1.807, 2.05) is 4.90 Å². The molecule has 1 atom stereocenters. The fourth-order valence-electron chi connectivity index (χ4n) is 2.04. The molecule has 0 radical (unpaired) electrons. The lowest BCUT2D eigenvalue weighted by Crippen LogP contribution is -2.21. The molecule has 0 amide bonds. The lowest BCUT2D eigenvalue weighted by molar-refractivity contribution is 0.0696. The Bertz CT molecular complexity index is 405. The smallest absolute Gasteiger partial charge is 0.335 e. The van der Waals surface area contributed by atoms with Crippen molar-refractivity contribution in [3.63, 3.8) is 0 Å². The van der Waals surface area contributed by atoms with Crippen LogP contribution in [0.5, 0.6) is 0 Å². The van der Waals surface area contributed by atoms with Crippen molar-refractivity contribution in [3.05, 3.63) is 29.8 Å². The molecule has 0 aromatic heterocycles. The molecule has 0 aliphatic carbocycles. The number of hydrogen-bond acceptors (Lipinski definition) is 2. The molecule has 3 nitrogen and oxygen atoms in total. The zero-order chi connectivity index (χ0) is 12.4. The van der Waals surface area contributed by atoms with E-state index >= 15 is 0 Å². The summed E-state index contributed by atoms with van der Waals surface area (Å²) < 4.78 is 25.0. The summed E-state index contributed by atoms with van der Waals surface area (Å²) in [6, 6.07) is 6.31. The predicted octanol–water partition coefficient (Wildman–Crippen LogP) is 2.48. The fraction of sp³-hybridized carbons (Fsp3) is 0.417. The molecule has 1 fully saturated rings. The van der Waals surface area contributed by atoms with Gasteiger partial charge in [0, 0.05) is 24.7 Å². The average Bonchev–Trinajstić information content (AvgIpc) is 2.78. The van der Waals surface area contributed by atoms with Crippen molar-refractivity contribution in [1.82, 2.24) is 0 Å². The van der Waals surface area contributed by atoms with Crippen LogP contribution in [-0.4, -0.2) is 30.6 Å². The Morgan fingerprint density at radius 3 is 2.47 bits per heavy atom. The SMILES string of the molecule is O=C(O)c1ccc(N2CCC(C(F)F)C2)cc1. The number of carboxylic acid groups (broad SMARTS) is 1. The Labute approximate surface area is 97.7 Å². The summed E-state index contributed by atoms with van der Waals surface area (Å²) >= 11 is 0. The van der Waals surface area contributed by atoms with Crippen LogP contribution >= 0.6 is 0 Å². The molecule has 17 heavy (non-hydrogen) atoms. The van der Waals surface area contributed by atoms with Gasteiger partial charge in [0.15, 0.2) is 0 Å². The van der Waals surface area contributed by atoms with Gasteiger partial charge in [-0.05, 0) is 30.7 Å². The van der Waals surface area contributed by atoms with Crippen molar-refractivity contribution in [1.29, 1.82) is 0 Å². The van der Waals surface area contributed by atoms with Gasteiger partial charge in [0.2, 0.25) is 6.43 Å². The summed E-state index contributed by atoms with van der Waals surface area (Å²) in [6.07, 6.45) is -1.79. The van der Waals surface area contributed by atoms with E-state index in [0.29, 0.717) is 19.5 Å². The molecule has 1 aliphatic heterocycles. The van der Waals surface area contributed by atoms with Crippen LogP contribution in [0.15, 0.2) is 24.3 Å². The number of hydrogen-bond donors (Lipinski definition) is 1. The number of benzene rings is 1. The highest BCUT2D eigenvalue weighted by molar-refractivity contribution is 5.88. The first-order chi connectivity index (χ1) is 8.08. The molecule has 0 saturated carbocycles. The number of alkyl halides is 2. The molecule has 92 valence electrons. The van der Waals surface area contributed by atoms with E-state index in [0.717, 1.165) is 5.69 Å². The maximum atomic E-state index is 12.5. The Morgan fingerprint density at radius 2 is 2.00 bits per heavy atom. The Balaban J connectivity index is 2.06. The third kappa shape index (κ3) is 2.54. The van der Waals surface area contributed by atoms with Gasteiger partial charge in [-0.1, -0.05) is 0 Å². The van der Waals surface area contributed by atoms with Crippen LogP contribution in [0.2, 0.25) is 0 Å². The van der Waals surface area contributed by atoms with Crippen LogP contribution in [0.25, 0.3) is 0 Å². The van der Waals surface area contributed by atoms with Gasteiger partial charge in [-0.15, -0.1) is 0 Å². The molecule has 1 unspecified atom stereocenters. The first-order valence-electron chi connectivity index (χ1n) is 5.44. The predicted molar refractivity (Wildman–Crippen MR) is 59.7 cm³/mol. The first-order valence-corrected chi connectivity index (χ1v) is 5.44. The molecule has 1 aliphatic rings. The second-order valence-corrected chi connectivity index (χ2v) is 4.18. The van der Waals surface area contributed by atoms with Crippen molar-refractivity contribution in [2.75, 3.05) is 18.0 Å². The van der Waals surface area contributed by atoms with Gasteiger partial charge >= 0.3 is 5.97 Å². The highest BCUT2D eigenvalue weighted by Gasteiger charge is 2.29. The van der Waals surface area contributed by atoms with Gasteiger partial charge < -0.3 is 10.0 Å². The van der Waals surface area contributed by atoms with E-state index in [2.05, 4.69) is 0 Å². The summed E-state index contributed by atoms with van der Waals surface area (Å²) in [5.74, 6) is -1.56. The Morgan fingerprint density at radius 1 is 1.35 bits per heavy atom. The second kappa shape index (κ2) is 4.69. The minimum absolute atomic E-state index is 0.207. The van der Waals surface area contributed by atoms with Crippen LogP contribution in [0.1, 0.15) is 16.8 Å². The number of halogens is 2. The summed E-state index contributed by atoms with van der Waals surface area (Å²) in [7, 11) is 0. The number of carbonyl (C=O) groups is 1. The topological polar surface area (TPSA) is 40.5 Å². The molecule has 1 heterocycles. The lowest BCUT2D eigenvalue weighted by Gasteiger charge is -2.18. The van der Waals surface area contributed by atoms with Gasteiger partial charge in [-0.3, -0.25) is 0 Å². The summed E-state index contributed by atoms with van der Waals surface area (Å²) in [5.41, 5.74) is 1.01. The van der Waals surface area contributed by atoms with Gasteiger partial charge in [0.25, 0.3) is 0 Å². The summed E-state index contributed by atoms with van der Waals surface area (Å²) in [4.78, 5) is 12.5. The molecule has 1 aromatic carbocycles. The number of aromatic carboxylic acids is 1. The second-order valence-electron chi connectivity index (χ2n) is 4.18. The van der Waals surface area contributed by atoms with E-state index < -0.39 is 18.3 Å². The van der Waals surface area contributed by atoms with Gasteiger partial charge in [-0.2, -0.15) is 0 Å². The third-order valence-corrected chi connectivity index (χ3v) is 3.06. The van der Waals surface area contributed by atoms with Crippen molar-refractivity contribution >= 4 is 11.7 Å². The Kier molecular flexibility index (Phi) is 3.26. The molecule has 0 spiro atoms. The van der Waals surface area contributed by atoms with Crippen molar-refractivity contribution < 1.29 is 18.7 Å². The molecule has 1 aromatic rings. The fourth-order valence-corrected chi connectivity index (χ4v) is 2.04. The first kappa shape index (κ1) is 11.8. The van der Waals surface area contributed by atoms with Gasteiger partial charge in [0.05, 0.1) is 5.56 Å². The number of rotatable bonds is 3. The van der Waals surface area contributed by atoms with Gasteiger partial charge in [-0.25, -0.2) is 13.6 Å². The van der Waals surface area contributed by atoms with Crippen molar-refractivity contribution in [3.8, 4) is 0 Å². The highest BCUT2D eigenvalue weighted by atomic mass is 19.3. The van der Waals surface area contributed by atoms with E-state index in [1.165, 1.54) is 12.1 Å².